The zero-order valence-corrected chi connectivity index (χ0v) is 7.00. The van der Waals surface area contributed by atoms with Gasteiger partial charge >= 0.3 is 5.97 Å². The number of carbonyl (C=O) groups is 1. The second-order valence-electron chi connectivity index (χ2n) is 2.83. The quantitative estimate of drug-likeness (QED) is 0.562. The van der Waals surface area contributed by atoms with E-state index in [0.29, 0.717) is 13.2 Å². The second-order valence-corrected chi connectivity index (χ2v) is 2.83. The van der Waals surface area contributed by atoms with Gasteiger partial charge in [-0.15, -0.1) is 0 Å². The summed E-state index contributed by atoms with van der Waals surface area (Å²) in [5, 5.41) is 0. The van der Waals surface area contributed by atoms with Crippen molar-refractivity contribution < 1.29 is 14.3 Å². The number of rotatable bonds is 2. The number of ether oxygens (including phenoxy) is 2. The molecular formula is C8H14O3. The van der Waals surface area contributed by atoms with E-state index in [-0.39, 0.29) is 18.0 Å². The molecule has 0 amide bonds. The maximum Gasteiger partial charge on any atom is 0.311 e. The number of hydrogen-bond donors (Lipinski definition) is 0. The summed E-state index contributed by atoms with van der Waals surface area (Å²) in [6, 6.07) is 0. The van der Waals surface area contributed by atoms with E-state index in [0.717, 1.165) is 6.42 Å². The van der Waals surface area contributed by atoms with E-state index in [9.17, 15) is 4.79 Å². The van der Waals surface area contributed by atoms with Gasteiger partial charge in [-0.2, -0.15) is 0 Å². The molecule has 1 aliphatic heterocycles. The molecule has 1 saturated heterocycles. The van der Waals surface area contributed by atoms with Gasteiger partial charge in [0.15, 0.2) is 0 Å². The summed E-state index contributed by atoms with van der Waals surface area (Å²) in [6.45, 7) is 4.78. The van der Waals surface area contributed by atoms with Gasteiger partial charge in [0.2, 0.25) is 0 Å². The van der Waals surface area contributed by atoms with Crippen LogP contribution < -0.4 is 0 Å². The third kappa shape index (κ3) is 2.19. The lowest BCUT2D eigenvalue weighted by Gasteiger charge is -2.05. The van der Waals surface area contributed by atoms with E-state index >= 15 is 0 Å². The molecule has 3 heteroatoms. The van der Waals surface area contributed by atoms with Gasteiger partial charge in [-0.25, -0.2) is 0 Å². The maximum atomic E-state index is 11.1. The van der Waals surface area contributed by atoms with Crippen LogP contribution in [-0.2, 0) is 14.3 Å². The first kappa shape index (κ1) is 8.53. The predicted octanol–water partition coefficient (Wildman–Crippen LogP) is 0.974. The predicted molar refractivity (Wildman–Crippen MR) is 40.2 cm³/mol. The molecule has 11 heavy (non-hydrogen) atoms. The Labute approximate surface area is 66.7 Å². The number of carbonyl (C=O) groups excluding carboxylic acids is 1. The lowest BCUT2D eigenvalue weighted by molar-refractivity contribution is -0.147. The minimum Gasteiger partial charge on any atom is -0.466 e. The Kier molecular flexibility index (Phi) is 2.88. The maximum absolute atomic E-state index is 11.1. The molecule has 2 atom stereocenters. The molecule has 0 radical (unpaired) electrons. The van der Waals surface area contributed by atoms with E-state index in [2.05, 4.69) is 0 Å². The normalized spacial score (nSPS) is 30.4. The van der Waals surface area contributed by atoms with Crippen LogP contribution in [0.1, 0.15) is 20.3 Å². The van der Waals surface area contributed by atoms with Crippen LogP contribution >= 0.6 is 0 Å². The summed E-state index contributed by atoms with van der Waals surface area (Å²) in [5.74, 6) is -0.137. The van der Waals surface area contributed by atoms with Gasteiger partial charge in [-0.05, 0) is 20.3 Å². The van der Waals surface area contributed by atoms with Gasteiger partial charge in [-0.1, -0.05) is 0 Å². The summed E-state index contributed by atoms with van der Waals surface area (Å²) in [4.78, 5) is 11.1. The summed E-state index contributed by atoms with van der Waals surface area (Å²) in [7, 11) is 0. The molecule has 0 bridgehead atoms. The van der Waals surface area contributed by atoms with Gasteiger partial charge in [-0.3, -0.25) is 4.79 Å². The Bertz CT molecular complexity index is 144. The molecule has 0 saturated carbocycles. The van der Waals surface area contributed by atoms with Crippen molar-refractivity contribution in [1.82, 2.24) is 0 Å². The van der Waals surface area contributed by atoms with E-state index < -0.39 is 0 Å². The summed E-state index contributed by atoms with van der Waals surface area (Å²) >= 11 is 0. The fourth-order valence-electron chi connectivity index (χ4n) is 1.24. The second kappa shape index (κ2) is 3.72. The van der Waals surface area contributed by atoms with Crippen molar-refractivity contribution in [3.63, 3.8) is 0 Å². The fourth-order valence-corrected chi connectivity index (χ4v) is 1.24. The molecular weight excluding hydrogens is 144 g/mol. The molecule has 3 nitrogen and oxygen atoms in total. The van der Waals surface area contributed by atoms with Crippen molar-refractivity contribution in [2.24, 2.45) is 5.92 Å². The van der Waals surface area contributed by atoms with Crippen LogP contribution in [-0.4, -0.2) is 25.3 Å². The topological polar surface area (TPSA) is 35.5 Å². The van der Waals surface area contributed by atoms with E-state index in [1.807, 2.05) is 13.8 Å². The highest BCUT2D eigenvalue weighted by atomic mass is 16.5. The smallest absolute Gasteiger partial charge is 0.311 e. The highest BCUT2D eigenvalue weighted by Crippen LogP contribution is 2.19. The van der Waals surface area contributed by atoms with E-state index in [1.54, 1.807) is 0 Å². The Morgan fingerprint density at radius 3 is 2.91 bits per heavy atom. The van der Waals surface area contributed by atoms with Gasteiger partial charge in [0.25, 0.3) is 0 Å². The van der Waals surface area contributed by atoms with Crippen LogP contribution in [0.5, 0.6) is 0 Å². The van der Waals surface area contributed by atoms with Crippen molar-refractivity contribution >= 4 is 5.97 Å². The molecule has 2 unspecified atom stereocenters. The largest absolute Gasteiger partial charge is 0.466 e. The molecule has 0 spiro atoms. The molecule has 64 valence electrons. The standard InChI is InChI=1S/C8H14O3/c1-3-10-8(9)7-4-6(2)11-5-7/h6-7H,3-5H2,1-2H3. The molecule has 1 fully saturated rings. The Balaban J connectivity index is 2.31. The van der Waals surface area contributed by atoms with Crippen molar-refractivity contribution in [2.45, 2.75) is 26.4 Å². The minimum absolute atomic E-state index is 0.0232. The molecule has 1 heterocycles. The molecule has 0 N–H and O–H groups in total. The van der Waals surface area contributed by atoms with Gasteiger partial charge < -0.3 is 9.47 Å². The summed E-state index contributed by atoms with van der Waals surface area (Å²) < 4.78 is 10.1. The van der Waals surface area contributed by atoms with Gasteiger partial charge in [0.1, 0.15) is 0 Å². The van der Waals surface area contributed by atoms with Crippen LogP contribution in [0.25, 0.3) is 0 Å². The average molecular weight is 158 g/mol. The van der Waals surface area contributed by atoms with Gasteiger partial charge in [0.05, 0.1) is 25.2 Å². The number of hydrogen-bond acceptors (Lipinski definition) is 3. The highest BCUT2D eigenvalue weighted by Gasteiger charge is 2.28. The monoisotopic (exact) mass is 158 g/mol. The third-order valence-corrected chi connectivity index (χ3v) is 1.82. The lowest BCUT2D eigenvalue weighted by Crippen LogP contribution is -2.17. The van der Waals surface area contributed by atoms with Crippen molar-refractivity contribution in [3.8, 4) is 0 Å². The van der Waals surface area contributed by atoms with Crippen molar-refractivity contribution in [2.75, 3.05) is 13.2 Å². The highest BCUT2D eigenvalue weighted by molar-refractivity contribution is 5.72. The molecule has 0 aromatic carbocycles. The van der Waals surface area contributed by atoms with E-state index in [4.69, 9.17) is 9.47 Å². The Hall–Kier alpha value is -0.570. The minimum atomic E-state index is -0.114. The van der Waals surface area contributed by atoms with E-state index in [1.165, 1.54) is 0 Å². The molecule has 0 aromatic rings. The number of esters is 1. The molecule has 0 aliphatic carbocycles. The summed E-state index contributed by atoms with van der Waals surface area (Å²) in [5.41, 5.74) is 0. The molecule has 1 rings (SSSR count). The SMILES string of the molecule is CCOC(=O)C1COC(C)C1. The lowest BCUT2D eigenvalue weighted by atomic mass is 10.1. The molecule has 0 aromatic heterocycles. The fraction of sp³-hybridized carbons (Fsp3) is 0.875. The van der Waals surface area contributed by atoms with Gasteiger partial charge in [0, 0.05) is 0 Å². The van der Waals surface area contributed by atoms with Crippen LogP contribution in [0.4, 0.5) is 0 Å². The van der Waals surface area contributed by atoms with Crippen molar-refractivity contribution in [3.05, 3.63) is 0 Å². The molecule has 1 aliphatic rings. The first-order valence-corrected chi connectivity index (χ1v) is 4.02. The van der Waals surface area contributed by atoms with Crippen LogP contribution in [0.15, 0.2) is 0 Å². The van der Waals surface area contributed by atoms with Crippen molar-refractivity contribution in [1.29, 1.82) is 0 Å². The van der Waals surface area contributed by atoms with Crippen LogP contribution in [0.2, 0.25) is 0 Å². The van der Waals surface area contributed by atoms with Crippen LogP contribution in [0, 0.1) is 5.92 Å². The Morgan fingerprint density at radius 1 is 1.73 bits per heavy atom. The first-order chi connectivity index (χ1) is 5.24. The Morgan fingerprint density at radius 2 is 2.45 bits per heavy atom. The third-order valence-electron chi connectivity index (χ3n) is 1.82. The zero-order valence-electron chi connectivity index (χ0n) is 7.00. The zero-order chi connectivity index (χ0) is 8.27. The van der Waals surface area contributed by atoms with Crippen LogP contribution in [0.3, 0.4) is 0 Å². The summed E-state index contributed by atoms with van der Waals surface area (Å²) in [6.07, 6.45) is 1.02. The first-order valence-electron chi connectivity index (χ1n) is 4.02. The average Bonchev–Trinajstić information content (AvgIpc) is 2.36.